The topological polar surface area (TPSA) is 58.6 Å². The molecule has 0 radical (unpaired) electrons. The molecule has 3 aliphatic rings. The number of fused-ring (bicyclic) bond motifs is 3. The van der Waals surface area contributed by atoms with Crippen molar-refractivity contribution in [3.05, 3.63) is 23.8 Å². The number of rotatable bonds is 5. The Balaban J connectivity index is 0.00000225. The van der Waals surface area contributed by atoms with Crippen LogP contribution >= 0.6 is 12.4 Å². The average Bonchev–Trinajstić information content (AvgIpc) is 3.22. The highest BCUT2D eigenvalue weighted by atomic mass is 35.5. The molecule has 1 saturated carbocycles. The maximum absolute atomic E-state index is 13.0. The van der Waals surface area contributed by atoms with Crippen LogP contribution < -0.4 is 5.32 Å². The third-order valence-electron chi connectivity index (χ3n) is 6.73. The molecule has 1 aromatic rings. The molecule has 0 unspecified atom stereocenters. The molecule has 0 bridgehead atoms. The number of nitrogens with zero attached hydrogens (tertiary/aromatic N) is 1. The summed E-state index contributed by atoms with van der Waals surface area (Å²) in [7, 11) is -3.45. The van der Waals surface area contributed by atoms with Crippen molar-refractivity contribution in [2.24, 2.45) is 11.8 Å². The Morgan fingerprint density at radius 3 is 2.50 bits per heavy atom. The molecule has 1 aliphatic carbocycles. The van der Waals surface area contributed by atoms with Gasteiger partial charge in [-0.3, -0.25) is 0 Å². The third kappa shape index (κ3) is 3.81. The Morgan fingerprint density at radius 1 is 1.11 bits per heavy atom. The Kier molecular flexibility index (Phi) is 6.96. The van der Waals surface area contributed by atoms with Gasteiger partial charge in [0.15, 0.2) is 0 Å². The van der Waals surface area contributed by atoms with Crippen LogP contribution in [0.5, 0.6) is 0 Å². The smallest absolute Gasteiger partial charge is 0.243 e. The van der Waals surface area contributed by atoms with Gasteiger partial charge >= 0.3 is 0 Å². The molecule has 28 heavy (non-hydrogen) atoms. The lowest BCUT2D eigenvalue weighted by atomic mass is 9.75. The van der Waals surface area contributed by atoms with Gasteiger partial charge in [-0.2, -0.15) is 4.31 Å². The summed E-state index contributed by atoms with van der Waals surface area (Å²) < 4.78 is 33.7. The van der Waals surface area contributed by atoms with Gasteiger partial charge in [0.25, 0.3) is 0 Å². The highest BCUT2D eigenvalue weighted by Crippen LogP contribution is 2.48. The van der Waals surface area contributed by atoms with Crippen LogP contribution in [0, 0.1) is 11.8 Å². The molecular formula is C21H33ClN2O3S. The predicted octanol–water partition coefficient (Wildman–Crippen LogP) is 4.59. The van der Waals surface area contributed by atoms with E-state index in [9.17, 15) is 8.42 Å². The van der Waals surface area contributed by atoms with Gasteiger partial charge in [0, 0.05) is 42.9 Å². The van der Waals surface area contributed by atoms with E-state index >= 15 is 0 Å². The third-order valence-corrected chi connectivity index (χ3v) is 8.78. The first-order valence-electron chi connectivity index (χ1n) is 10.6. The number of halogens is 1. The highest BCUT2D eigenvalue weighted by molar-refractivity contribution is 7.89. The second kappa shape index (κ2) is 8.90. The van der Waals surface area contributed by atoms with E-state index < -0.39 is 10.0 Å². The van der Waals surface area contributed by atoms with Crippen molar-refractivity contribution in [3.63, 3.8) is 0 Å². The summed E-state index contributed by atoms with van der Waals surface area (Å²) in [5.74, 6) is 1.16. The van der Waals surface area contributed by atoms with Gasteiger partial charge in [0.05, 0.1) is 11.0 Å². The van der Waals surface area contributed by atoms with Crippen molar-refractivity contribution in [1.29, 1.82) is 0 Å². The lowest BCUT2D eigenvalue weighted by Crippen LogP contribution is -2.45. The van der Waals surface area contributed by atoms with Gasteiger partial charge in [-0.1, -0.05) is 26.7 Å². The first-order valence-corrected chi connectivity index (χ1v) is 12.0. The number of hydrogen-bond donors (Lipinski definition) is 1. The van der Waals surface area contributed by atoms with Crippen molar-refractivity contribution < 1.29 is 13.2 Å². The summed E-state index contributed by atoms with van der Waals surface area (Å²) in [5.41, 5.74) is 2.09. The van der Waals surface area contributed by atoms with Gasteiger partial charge in [0.1, 0.15) is 0 Å². The normalized spacial score (nSPS) is 27.6. The summed E-state index contributed by atoms with van der Waals surface area (Å²) in [6, 6.07) is 6.04. The fraction of sp³-hybridized carbons (Fsp3) is 0.714. The monoisotopic (exact) mass is 428 g/mol. The van der Waals surface area contributed by atoms with Crippen LogP contribution in [0.4, 0.5) is 5.69 Å². The first kappa shape index (κ1) is 21.9. The summed E-state index contributed by atoms with van der Waals surface area (Å²) in [6.45, 7) is 5.51. The minimum absolute atomic E-state index is 0. The van der Waals surface area contributed by atoms with E-state index in [1.807, 2.05) is 26.0 Å². The van der Waals surface area contributed by atoms with Gasteiger partial charge in [0.2, 0.25) is 10.0 Å². The zero-order chi connectivity index (χ0) is 19.0. The van der Waals surface area contributed by atoms with E-state index in [2.05, 4.69) is 5.32 Å². The molecule has 7 heteroatoms. The van der Waals surface area contributed by atoms with Crippen molar-refractivity contribution in [1.82, 2.24) is 4.31 Å². The number of anilines is 1. The van der Waals surface area contributed by atoms with E-state index in [1.54, 1.807) is 6.07 Å². The zero-order valence-corrected chi connectivity index (χ0v) is 18.5. The van der Waals surface area contributed by atoms with E-state index in [0.717, 1.165) is 30.7 Å². The van der Waals surface area contributed by atoms with Gasteiger partial charge in [-0.25, -0.2) is 8.42 Å². The van der Waals surface area contributed by atoms with E-state index in [4.69, 9.17) is 4.74 Å². The Labute approximate surface area is 175 Å². The number of hydrogen-bond acceptors (Lipinski definition) is 4. The van der Waals surface area contributed by atoms with Crippen LogP contribution in [0.2, 0.25) is 0 Å². The number of benzene rings is 1. The standard InChI is InChI=1S/C21H32N2O3S.ClH/c1-3-23(4-2)27(24,25)16-11-12-19-18(14-16)21-17(10-7-13-26-21)20(22-19)15-8-5-6-9-15;/h11-12,14-15,17,20-22H,3-10,13H2,1-2H3;1H/t17-,20+,21-;/m0./s1. The molecule has 158 valence electrons. The molecule has 1 aromatic carbocycles. The summed E-state index contributed by atoms with van der Waals surface area (Å²) in [5, 5.41) is 3.79. The van der Waals surface area contributed by atoms with Crippen molar-refractivity contribution in [2.45, 2.75) is 69.4 Å². The molecule has 2 fully saturated rings. The van der Waals surface area contributed by atoms with Crippen LogP contribution in [0.1, 0.15) is 64.0 Å². The molecule has 2 aliphatic heterocycles. The van der Waals surface area contributed by atoms with Crippen LogP contribution in [0.25, 0.3) is 0 Å². The number of nitrogens with one attached hydrogen (secondary N) is 1. The summed E-state index contributed by atoms with van der Waals surface area (Å²) in [4.78, 5) is 0.388. The largest absolute Gasteiger partial charge is 0.381 e. The summed E-state index contributed by atoms with van der Waals surface area (Å²) >= 11 is 0. The minimum atomic E-state index is -3.45. The van der Waals surface area contributed by atoms with E-state index in [0.29, 0.717) is 35.9 Å². The molecule has 0 spiro atoms. The fourth-order valence-corrected chi connectivity index (χ4v) is 6.84. The molecule has 0 amide bonds. The Bertz CT molecular complexity index is 776. The zero-order valence-electron chi connectivity index (χ0n) is 16.9. The van der Waals surface area contributed by atoms with Crippen molar-refractivity contribution >= 4 is 28.1 Å². The van der Waals surface area contributed by atoms with Crippen LogP contribution in [-0.4, -0.2) is 38.5 Å². The van der Waals surface area contributed by atoms with Crippen LogP contribution in [0.3, 0.4) is 0 Å². The molecule has 3 atom stereocenters. The fourth-order valence-electron chi connectivity index (χ4n) is 5.34. The average molecular weight is 429 g/mol. The molecule has 2 heterocycles. The van der Waals surface area contributed by atoms with Crippen LogP contribution in [0.15, 0.2) is 23.1 Å². The molecule has 0 aromatic heterocycles. The number of ether oxygens (including phenoxy) is 1. The van der Waals surface area contributed by atoms with Gasteiger partial charge < -0.3 is 10.1 Å². The lowest BCUT2D eigenvalue weighted by molar-refractivity contribution is -0.0438. The van der Waals surface area contributed by atoms with E-state index in [1.165, 1.54) is 30.0 Å². The number of sulfonamides is 1. The minimum Gasteiger partial charge on any atom is -0.381 e. The maximum Gasteiger partial charge on any atom is 0.243 e. The molecule has 4 rings (SSSR count). The van der Waals surface area contributed by atoms with Crippen molar-refractivity contribution in [2.75, 3.05) is 25.0 Å². The van der Waals surface area contributed by atoms with Crippen molar-refractivity contribution in [3.8, 4) is 0 Å². The first-order chi connectivity index (χ1) is 13.1. The Hall–Kier alpha value is -0.820. The van der Waals surface area contributed by atoms with Crippen LogP contribution in [-0.2, 0) is 14.8 Å². The second-order valence-electron chi connectivity index (χ2n) is 8.15. The SMILES string of the molecule is CCN(CC)S(=O)(=O)c1ccc2c(c1)[C@H]1OCCC[C@H]1[C@@H](C1CCCC1)N2.Cl. The van der Waals surface area contributed by atoms with Gasteiger partial charge in [-0.05, 0) is 49.8 Å². The molecule has 1 saturated heterocycles. The molecule has 1 N–H and O–H groups in total. The quantitative estimate of drug-likeness (QED) is 0.745. The molecule has 5 nitrogen and oxygen atoms in total. The highest BCUT2D eigenvalue weighted by Gasteiger charge is 2.43. The van der Waals surface area contributed by atoms with E-state index in [-0.39, 0.29) is 18.5 Å². The second-order valence-corrected chi connectivity index (χ2v) is 10.1. The maximum atomic E-state index is 13.0. The molecular weight excluding hydrogens is 396 g/mol. The Morgan fingerprint density at radius 2 is 1.82 bits per heavy atom. The lowest BCUT2D eigenvalue weighted by Gasteiger charge is -2.45. The van der Waals surface area contributed by atoms with Gasteiger partial charge in [-0.15, -0.1) is 12.4 Å². The summed E-state index contributed by atoms with van der Waals surface area (Å²) in [6.07, 6.45) is 7.52. The predicted molar refractivity (Wildman–Crippen MR) is 115 cm³/mol.